The van der Waals surface area contributed by atoms with Gasteiger partial charge in [-0.3, -0.25) is 9.78 Å². The molecule has 2 nitrogen and oxygen atoms in total. The molecule has 68 valence electrons. The summed E-state index contributed by atoms with van der Waals surface area (Å²) in [5.41, 5.74) is 1.72. The molecule has 0 amide bonds. The van der Waals surface area contributed by atoms with Crippen LogP contribution in [0.4, 0.5) is 0 Å². The Morgan fingerprint density at radius 2 is 2.31 bits per heavy atom. The fraction of sp³-hybridized carbons (Fsp3) is 0.455. The highest BCUT2D eigenvalue weighted by atomic mass is 16.1. The van der Waals surface area contributed by atoms with Crippen LogP contribution in [0.3, 0.4) is 0 Å². The molecule has 1 heterocycles. The van der Waals surface area contributed by atoms with Gasteiger partial charge in [0.1, 0.15) is 0 Å². The molecule has 13 heavy (non-hydrogen) atoms. The van der Waals surface area contributed by atoms with Crippen LogP contribution < -0.4 is 0 Å². The van der Waals surface area contributed by atoms with Gasteiger partial charge in [0.15, 0.2) is 5.78 Å². The molecular formula is C11H13NO. The van der Waals surface area contributed by atoms with E-state index in [-0.39, 0.29) is 5.78 Å². The lowest BCUT2D eigenvalue weighted by atomic mass is 10.1. The number of nitrogens with zero attached hydrogens (tertiary/aromatic N) is 1. The third-order valence-corrected chi connectivity index (χ3v) is 2.40. The van der Waals surface area contributed by atoms with E-state index in [1.807, 2.05) is 19.1 Å². The van der Waals surface area contributed by atoms with Crippen molar-refractivity contribution in [3.05, 3.63) is 29.6 Å². The highest BCUT2D eigenvalue weighted by Gasteiger charge is 2.24. The van der Waals surface area contributed by atoms with Crippen molar-refractivity contribution < 1.29 is 4.79 Å². The van der Waals surface area contributed by atoms with Gasteiger partial charge in [0.25, 0.3) is 0 Å². The predicted octanol–water partition coefficient (Wildman–Crippen LogP) is 2.37. The standard InChI is InChI=1S/C11H13NO/c1-8-2-5-10(7-12-8)11(13)6-9-3-4-9/h2,5,7,9H,3-4,6H2,1H3. The molecule has 0 aliphatic heterocycles. The fourth-order valence-corrected chi connectivity index (χ4v) is 1.33. The third-order valence-electron chi connectivity index (χ3n) is 2.40. The number of hydrogen-bond donors (Lipinski definition) is 0. The van der Waals surface area contributed by atoms with Gasteiger partial charge in [-0.2, -0.15) is 0 Å². The maximum absolute atomic E-state index is 11.6. The van der Waals surface area contributed by atoms with Crippen LogP contribution >= 0.6 is 0 Å². The minimum atomic E-state index is 0.245. The van der Waals surface area contributed by atoms with Crippen LogP contribution in [0.15, 0.2) is 18.3 Å². The summed E-state index contributed by atoms with van der Waals surface area (Å²) >= 11 is 0. The molecular weight excluding hydrogens is 162 g/mol. The summed E-state index contributed by atoms with van der Waals surface area (Å²) < 4.78 is 0. The average molecular weight is 175 g/mol. The van der Waals surface area contributed by atoms with E-state index in [0.29, 0.717) is 12.3 Å². The molecule has 2 heteroatoms. The second-order valence-electron chi connectivity index (χ2n) is 3.76. The van der Waals surface area contributed by atoms with E-state index in [1.54, 1.807) is 6.20 Å². The Labute approximate surface area is 78.0 Å². The van der Waals surface area contributed by atoms with Crippen LogP contribution in [0.5, 0.6) is 0 Å². The van der Waals surface area contributed by atoms with Crippen molar-refractivity contribution in [2.45, 2.75) is 26.2 Å². The van der Waals surface area contributed by atoms with E-state index in [1.165, 1.54) is 12.8 Å². The first-order valence-electron chi connectivity index (χ1n) is 4.71. The zero-order chi connectivity index (χ0) is 9.26. The Balaban J connectivity index is 2.05. The van der Waals surface area contributed by atoms with Gasteiger partial charge in [-0.15, -0.1) is 0 Å². The molecule has 2 rings (SSSR count). The molecule has 0 saturated heterocycles. The molecule has 1 saturated carbocycles. The highest BCUT2D eigenvalue weighted by molar-refractivity contribution is 5.96. The molecule has 1 aliphatic carbocycles. The molecule has 1 aromatic rings. The predicted molar refractivity (Wildman–Crippen MR) is 50.6 cm³/mol. The molecule has 0 unspecified atom stereocenters. The van der Waals surface area contributed by atoms with Gasteiger partial charge in [0.2, 0.25) is 0 Å². The second kappa shape index (κ2) is 3.29. The van der Waals surface area contributed by atoms with E-state index in [9.17, 15) is 4.79 Å². The van der Waals surface area contributed by atoms with Crippen LogP contribution in [0, 0.1) is 12.8 Å². The summed E-state index contributed by atoms with van der Waals surface area (Å²) in [5.74, 6) is 0.906. The summed E-state index contributed by atoms with van der Waals surface area (Å²) in [4.78, 5) is 15.7. The SMILES string of the molecule is Cc1ccc(C(=O)CC2CC2)cn1. The smallest absolute Gasteiger partial charge is 0.164 e. The molecule has 0 spiro atoms. The quantitative estimate of drug-likeness (QED) is 0.660. The van der Waals surface area contributed by atoms with Crippen molar-refractivity contribution in [3.8, 4) is 0 Å². The Morgan fingerprint density at radius 1 is 1.54 bits per heavy atom. The minimum Gasteiger partial charge on any atom is -0.294 e. The lowest BCUT2D eigenvalue weighted by Gasteiger charge is -1.98. The van der Waals surface area contributed by atoms with Crippen LogP contribution in [0.1, 0.15) is 35.3 Å². The van der Waals surface area contributed by atoms with E-state index >= 15 is 0 Å². The number of aryl methyl sites for hydroxylation is 1. The molecule has 0 atom stereocenters. The number of rotatable bonds is 3. The number of Topliss-reactive ketones (excluding diaryl/α,β-unsaturated/α-hetero) is 1. The summed E-state index contributed by atoms with van der Waals surface area (Å²) in [6.07, 6.45) is 4.85. The first-order valence-corrected chi connectivity index (χ1v) is 4.71. The van der Waals surface area contributed by atoms with Gasteiger partial charge in [0.05, 0.1) is 0 Å². The third kappa shape index (κ3) is 2.14. The fourth-order valence-electron chi connectivity index (χ4n) is 1.33. The van der Waals surface area contributed by atoms with E-state index in [4.69, 9.17) is 0 Å². The monoisotopic (exact) mass is 175 g/mol. The van der Waals surface area contributed by atoms with Gasteiger partial charge in [-0.25, -0.2) is 0 Å². The normalized spacial score (nSPS) is 15.8. The van der Waals surface area contributed by atoms with E-state index in [2.05, 4.69) is 4.98 Å². The summed E-state index contributed by atoms with van der Waals surface area (Å²) in [6.45, 7) is 1.93. The van der Waals surface area contributed by atoms with Crippen molar-refractivity contribution in [2.75, 3.05) is 0 Å². The number of carbonyl (C=O) groups excluding carboxylic acids is 1. The summed E-state index contributed by atoms with van der Waals surface area (Å²) in [7, 11) is 0. The van der Waals surface area contributed by atoms with Crippen LogP contribution in [0.25, 0.3) is 0 Å². The topological polar surface area (TPSA) is 30.0 Å². The lowest BCUT2D eigenvalue weighted by Crippen LogP contribution is -2.00. The van der Waals surface area contributed by atoms with Gasteiger partial charge < -0.3 is 0 Å². The van der Waals surface area contributed by atoms with Crippen LogP contribution in [-0.4, -0.2) is 10.8 Å². The van der Waals surface area contributed by atoms with Gasteiger partial charge >= 0.3 is 0 Å². The van der Waals surface area contributed by atoms with E-state index in [0.717, 1.165) is 11.3 Å². The zero-order valence-electron chi connectivity index (χ0n) is 7.79. The van der Waals surface area contributed by atoms with E-state index < -0.39 is 0 Å². The highest BCUT2D eigenvalue weighted by Crippen LogP contribution is 2.33. The molecule has 0 radical (unpaired) electrons. The largest absolute Gasteiger partial charge is 0.294 e. The minimum absolute atomic E-state index is 0.245. The van der Waals surface area contributed by atoms with Gasteiger partial charge in [-0.1, -0.05) is 0 Å². The van der Waals surface area contributed by atoms with Crippen LogP contribution in [-0.2, 0) is 0 Å². The van der Waals surface area contributed by atoms with Crippen molar-refractivity contribution in [2.24, 2.45) is 5.92 Å². The van der Waals surface area contributed by atoms with Gasteiger partial charge in [-0.05, 0) is 37.8 Å². The first-order chi connectivity index (χ1) is 6.25. The Hall–Kier alpha value is -1.18. The van der Waals surface area contributed by atoms with Crippen molar-refractivity contribution in [3.63, 3.8) is 0 Å². The number of pyridine rings is 1. The molecule has 0 N–H and O–H groups in total. The summed E-state index contributed by atoms with van der Waals surface area (Å²) in [5, 5.41) is 0. The van der Waals surface area contributed by atoms with Crippen LogP contribution in [0.2, 0.25) is 0 Å². The second-order valence-corrected chi connectivity index (χ2v) is 3.76. The maximum Gasteiger partial charge on any atom is 0.164 e. The molecule has 1 aliphatic rings. The number of carbonyl (C=O) groups is 1. The number of aromatic nitrogens is 1. The Bertz CT molecular complexity index is 311. The van der Waals surface area contributed by atoms with Crippen molar-refractivity contribution in [1.82, 2.24) is 4.98 Å². The average Bonchev–Trinajstić information content (AvgIpc) is 2.89. The lowest BCUT2D eigenvalue weighted by molar-refractivity contribution is 0.0975. The number of ketones is 1. The zero-order valence-corrected chi connectivity index (χ0v) is 7.79. The van der Waals surface area contributed by atoms with Crippen molar-refractivity contribution >= 4 is 5.78 Å². The Kier molecular flexibility index (Phi) is 2.13. The molecule has 0 bridgehead atoms. The van der Waals surface area contributed by atoms with Crippen molar-refractivity contribution in [1.29, 1.82) is 0 Å². The molecule has 0 aromatic carbocycles. The molecule has 1 aromatic heterocycles. The Morgan fingerprint density at radius 3 is 2.85 bits per heavy atom. The summed E-state index contributed by atoms with van der Waals surface area (Å²) in [6, 6.07) is 3.76. The van der Waals surface area contributed by atoms with Gasteiger partial charge in [0, 0.05) is 23.9 Å². The maximum atomic E-state index is 11.6. The first kappa shape index (κ1) is 8.42. The molecule has 1 fully saturated rings. The number of hydrogen-bond acceptors (Lipinski definition) is 2.